The molecule has 0 saturated heterocycles. The Morgan fingerprint density at radius 1 is 1.06 bits per heavy atom. The van der Waals surface area contributed by atoms with Gasteiger partial charge >= 0.3 is 0 Å². The van der Waals surface area contributed by atoms with Gasteiger partial charge in [0.1, 0.15) is 0 Å². The van der Waals surface area contributed by atoms with Crippen molar-refractivity contribution < 1.29 is 18.9 Å². The topological polar surface area (TPSA) is 88.7 Å². The number of aromatic nitrogens is 2. The summed E-state index contributed by atoms with van der Waals surface area (Å²) in [5.74, 6) is 0.908. The molecule has 0 bridgehead atoms. The fraction of sp³-hybridized carbons (Fsp3) is 0.636. The largest absolute Gasteiger partial charge is 0.481 e. The first-order chi connectivity index (χ1) is 8.76. The minimum atomic E-state index is 0.126. The van der Waals surface area contributed by atoms with Crippen molar-refractivity contribution in [3.63, 3.8) is 0 Å². The molecule has 0 aliphatic rings. The fourth-order valence-corrected chi connectivity index (χ4v) is 1.18. The minimum Gasteiger partial charge on any atom is -0.481 e. The molecule has 1 rings (SSSR count). The zero-order valence-corrected chi connectivity index (χ0v) is 10.7. The van der Waals surface area contributed by atoms with Crippen LogP contribution < -0.4 is 15.2 Å². The van der Waals surface area contributed by atoms with E-state index in [4.69, 9.17) is 24.7 Å². The van der Waals surface area contributed by atoms with Crippen LogP contribution in [0.2, 0.25) is 0 Å². The molecule has 102 valence electrons. The van der Waals surface area contributed by atoms with Crippen LogP contribution in [-0.4, -0.2) is 50.6 Å². The third-order valence-electron chi connectivity index (χ3n) is 2.02. The van der Waals surface area contributed by atoms with E-state index in [1.54, 1.807) is 13.2 Å². The summed E-state index contributed by atoms with van der Waals surface area (Å²) in [7, 11) is 3.15. The molecule has 18 heavy (non-hydrogen) atoms. The van der Waals surface area contributed by atoms with Crippen LogP contribution in [0.4, 0.5) is 5.95 Å². The van der Waals surface area contributed by atoms with Gasteiger partial charge in [0, 0.05) is 20.1 Å². The molecular formula is C11H19N3O4. The SMILES string of the molecule is COCCOCCCOc1cc(OC)nc(N)n1. The lowest BCUT2D eigenvalue weighted by Gasteiger charge is -2.07. The maximum Gasteiger partial charge on any atom is 0.226 e. The van der Waals surface area contributed by atoms with Crippen molar-refractivity contribution in [1.29, 1.82) is 0 Å². The predicted octanol–water partition coefficient (Wildman–Crippen LogP) is 0.499. The monoisotopic (exact) mass is 257 g/mol. The van der Waals surface area contributed by atoms with Crippen molar-refractivity contribution in [2.75, 3.05) is 46.4 Å². The second-order valence-electron chi connectivity index (χ2n) is 3.41. The smallest absolute Gasteiger partial charge is 0.226 e. The van der Waals surface area contributed by atoms with Crippen LogP contribution >= 0.6 is 0 Å². The van der Waals surface area contributed by atoms with Crippen molar-refractivity contribution in [1.82, 2.24) is 9.97 Å². The number of methoxy groups -OCH3 is 2. The molecule has 2 N–H and O–H groups in total. The molecule has 1 heterocycles. The van der Waals surface area contributed by atoms with Crippen LogP contribution in [0.25, 0.3) is 0 Å². The van der Waals surface area contributed by atoms with E-state index in [1.165, 1.54) is 7.11 Å². The van der Waals surface area contributed by atoms with E-state index in [-0.39, 0.29) is 5.95 Å². The van der Waals surface area contributed by atoms with Gasteiger partial charge in [-0.3, -0.25) is 0 Å². The molecule has 7 nitrogen and oxygen atoms in total. The van der Waals surface area contributed by atoms with Crippen molar-refractivity contribution in [2.24, 2.45) is 0 Å². The maximum absolute atomic E-state index is 5.50. The summed E-state index contributed by atoms with van der Waals surface area (Å²) < 4.78 is 20.5. The van der Waals surface area contributed by atoms with Crippen LogP contribution in [0.1, 0.15) is 6.42 Å². The van der Waals surface area contributed by atoms with E-state index < -0.39 is 0 Å². The number of nitrogens with two attached hydrogens (primary N) is 1. The number of hydrogen-bond acceptors (Lipinski definition) is 7. The quantitative estimate of drug-likeness (QED) is 0.644. The summed E-state index contributed by atoms with van der Waals surface area (Å²) >= 11 is 0. The first-order valence-corrected chi connectivity index (χ1v) is 5.64. The van der Waals surface area contributed by atoms with Gasteiger partial charge in [-0.15, -0.1) is 0 Å². The molecule has 0 aliphatic carbocycles. The Labute approximate surface area is 106 Å². The Hall–Kier alpha value is -1.60. The summed E-state index contributed by atoms with van der Waals surface area (Å²) in [6, 6.07) is 1.59. The van der Waals surface area contributed by atoms with Crippen molar-refractivity contribution in [3.8, 4) is 11.8 Å². The first-order valence-electron chi connectivity index (χ1n) is 5.64. The molecule has 0 spiro atoms. The summed E-state index contributed by atoms with van der Waals surface area (Å²) in [6.07, 6.45) is 0.760. The molecule has 1 aromatic rings. The van der Waals surface area contributed by atoms with E-state index in [1.807, 2.05) is 0 Å². The zero-order chi connectivity index (χ0) is 13.2. The summed E-state index contributed by atoms with van der Waals surface area (Å²) in [6.45, 7) is 2.29. The highest BCUT2D eigenvalue weighted by molar-refractivity contribution is 5.29. The molecule has 0 aromatic carbocycles. The van der Waals surface area contributed by atoms with E-state index in [0.29, 0.717) is 38.2 Å². The zero-order valence-electron chi connectivity index (χ0n) is 10.7. The lowest BCUT2D eigenvalue weighted by atomic mass is 10.5. The van der Waals surface area contributed by atoms with Crippen molar-refractivity contribution >= 4 is 5.95 Å². The number of nitrogen functional groups attached to an aromatic ring is 1. The van der Waals surface area contributed by atoms with Gasteiger partial charge in [0.05, 0.1) is 33.0 Å². The standard InChI is InChI=1S/C11H19N3O4/c1-15-6-7-17-4-3-5-18-10-8-9(16-2)13-11(12)14-10/h8H,3-7H2,1-2H3,(H2,12,13,14). The highest BCUT2D eigenvalue weighted by Crippen LogP contribution is 2.15. The maximum atomic E-state index is 5.50. The summed E-state index contributed by atoms with van der Waals surface area (Å²) in [5.41, 5.74) is 5.50. The third kappa shape index (κ3) is 5.65. The van der Waals surface area contributed by atoms with Gasteiger partial charge in [0.15, 0.2) is 0 Å². The van der Waals surface area contributed by atoms with Gasteiger partial charge in [-0.05, 0) is 0 Å². The molecule has 0 aliphatic heterocycles. The Balaban J connectivity index is 2.20. The van der Waals surface area contributed by atoms with E-state index in [9.17, 15) is 0 Å². The molecule has 0 fully saturated rings. The average Bonchev–Trinajstić information content (AvgIpc) is 2.37. The molecule has 7 heteroatoms. The lowest BCUT2D eigenvalue weighted by Crippen LogP contribution is -2.08. The highest BCUT2D eigenvalue weighted by atomic mass is 16.5. The van der Waals surface area contributed by atoms with Crippen LogP contribution in [0.3, 0.4) is 0 Å². The molecule has 0 amide bonds. The summed E-state index contributed by atoms with van der Waals surface area (Å²) in [4.78, 5) is 7.79. The van der Waals surface area contributed by atoms with E-state index in [2.05, 4.69) is 9.97 Å². The van der Waals surface area contributed by atoms with E-state index in [0.717, 1.165) is 6.42 Å². The van der Waals surface area contributed by atoms with Gasteiger partial charge in [-0.2, -0.15) is 9.97 Å². The Kier molecular flexibility index (Phi) is 6.82. The molecule has 0 radical (unpaired) electrons. The van der Waals surface area contributed by atoms with Crippen LogP contribution in [0.5, 0.6) is 11.8 Å². The number of nitrogens with zero attached hydrogens (tertiary/aromatic N) is 2. The third-order valence-corrected chi connectivity index (χ3v) is 2.02. The van der Waals surface area contributed by atoms with Crippen LogP contribution in [0.15, 0.2) is 6.07 Å². The normalized spacial score (nSPS) is 10.3. The molecule has 0 saturated carbocycles. The van der Waals surface area contributed by atoms with Crippen molar-refractivity contribution in [3.05, 3.63) is 6.07 Å². The molecule has 0 atom stereocenters. The minimum absolute atomic E-state index is 0.126. The van der Waals surface area contributed by atoms with Gasteiger partial charge < -0.3 is 24.7 Å². The number of ether oxygens (including phenoxy) is 4. The summed E-state index contributed by atoms with van der Waals surface area (Å²) in [5, 5.41) is 0. The van der Waals surface area contributed by atoms with Gasteiger partial charge in [-0.25, -0.2) is 0 Å². The van der Waals surface area contributed by atoms with Gasteiger partial charge in [-0.1, -0.05) is 0 Å². The number of hydrogen-bond donors (Lipinski definition) is 1. The highest BCUT2D eigenvalue weighted by Gasteiger charge is 2.03. The number of rotatable bonds is 9. The molecule has 1 aromatic heterocycles. The average molecular weight is 257 g/mol. The lowest BCUT2D eigenvalue weighted by molar-refractivity contribution is 0.0642. The predicted molar refractivity (Wildman–Crippen MR) is 65.8 cm³/mol. The Bertz CT molecular complexity index is 349. The van der Waals surface area contributed by atoms with Gasteiger partial charge in [0.2, 0.25) is 17.7 Å². The first kappa shape index (κ1) is 14.5. The van der Waals surface area contributed by atoms with E-state index >= 15 is 0 Å². The second-order valence-corrected chi connectivity index (χ2v) is 3.41. The number of anilines is 1. The van der Waals surface area contributed by atoms with Crippen molar-refractivity contribution in [2.45, 2.75) is 6.42 Å². The Morgan fingerprint density at radius 2 is 1.83 bits per heavy atom. The fourth-order valence-electron chi connectivity index (χ4n) is 1.18. The van der Waals surface area contributed by atoms with Crippen LogP contribution in [-0.2, 0) is 9.47 Å². The molecular weight excluding hydrogens is 238 g/mol. The Morgan fingerprint density at radius 3 is 2.56 bits per heavy atom. The van der Waals surface area contributed by atoms with Crippen LogP contribution in [0, 0.1) is 0 Å². The second kappa shape index (κ2) is 8.48. The van der Waals surface area contributed by atoms with Gasteiger partial charge in [0.25, 0.3) is 0 Å². The molecule has 0 unspecified atom stereocenters.